The van der Waals surface area contributed by atoms with E-state index in [0.717, 1.165) is 31.4 Å². The summed E-state index contributed by atoms with van der Waals surface area (Å²) in [5, 5.41) is 13.6. The second-order valence-corrected chi connectivity index (χ2v) is 8.52. The molecule has 1 aromatic heterocycles. The summed E-state index contributed by atoms with van der Waals surface area (Å²) in [7, 11) is 1.55. The molecule has 0 bridgehead atoms. The van der Waals surface area contributed by atoms with Crippen LogP contribution in [-0.2, 0) is 10.9 Å². The highest BCUT2D eigenvalue weighted by atomic mass is 19.4. The van der Waals surface area contributed by atoms with Gasteiger partial charge >= 0.3 is 6.18 Å². The van der Waals surface area contributed by atoms with Crippen molar-refractivity contribution in [2.45, 2.75) is 43.0 Å². The van der Waals surface area contributed by atoms with Gasteiger partial charge in [-0.05, 0) is 60.0 Å². The summed E-state index contributed by atoms with van der Waals surface area (Å²) in [5.74, 6) is -0.610. The Morgan fingerprint density at radius 2 is 2.00 bits per heavy atom. The van der Waals surface area contributed by atoms with E-state index in [1.807, 2.05) is 18.2 Å². The number of halogens is 3. The summed E-state index contributed by atoms with van der Waals surface area (Å²) < 4.78 is 52.8. The molecule has 33 heavy (non-hydrogen) atoms. The average Bonchev–Trinajstić information content (AvgIpc) is 3.48. The van der Waals surface area contributed by atoms with Crippen LogP contribution in [-0.4, -0.2) is 46.1 Å². The van der Waals surface area contributed by atoms with Crippen LogP contribution in [0.3, 0.4) is 0 Å². The minimum Gasteiger partial charge on any atom is -0.496 e. The molecular weight excluding hydrogens is 435 g/mol. The number of nitrogens with zero attached hydrogens (tertiary/aromatic N) is 4. The first-order chi connectivity index (χ1) is 15.9. The number of tetrazole rings is 1. The molecule has 5 rings (SSSR count). The van der Waals surface area contributed by atoms with E-state index in [1.54, 1.807) is 19.2 Å². The van der Waals surface area contributed by atoms with Gasteiger partial charge in [0.15, 0.2) is 0 Å². The number of rotatable bonds is 4. The number of ether oxygens (including phenoxy) is 2. The van der Waals surface area contributed by atoms with Crippen molar-refractivity contribution in [1.82, 2.24) is 25.5 Å². The first kappa shape index (κ1) is 21.8. The van der Waals surface area contributed by atoms with Crippen LogP contribution in [0.2, 0.25) is 0 Å². The van der Waals surface area contributed by atoms with Gasteiger partial charge in [-0.3, -0.25) is 0 Å². The summed E-state index contributed by atoms with van der Waals surface area (Å²) in [5.41, 5.74) is 1.79. The van der Waals surface area contributed by atoms with E-state index in [0.29, 0.717) is 17.0 Å². The number of piperidine rings is 1. The molecule has 3 aromatic rings. The van der Waals surface area contributed by atoms with E-state index in [-0.39, 0.29) is 17.6 Å². The third-order valence-corrected chi connectivity index (χ3v) is 6.57. The standard InChI is InChI=1S/C23H24F3N5O2/c1-32-19-9-8-17(31-21(23(24,25)26)28-29-30-31)12-18(19)16-13-22(33-14-16)10-5-11-27-20(22)15-6-3-2-4-7-15/h2-4,6-9,12,16,20,27H,5,10-11,13-14H2,1H3/t16-,20+,22-/m1/s1. The van der Waals surface area contributed by atoms with E-state index >= 15 is 0 Å². The Hall–Kier alpha value is -2.98. The molecule has 1 spiro atoms. The van der Waals surface area contributed by atoms with Gasteiger partial charge in [-0.25, -0.2) is 0 Å². The number of alkyl halides is 3. The van der Waals surface area contributed by atoms with Crippen molar-refractivity contribution < 1.29 is 22.6 Å². The van der Waals surface area contributed by atoms with Crippen molar-refractivity contribution in [2.24, 2.45) is 0 Å². The zero-order chi connectivity index (χ0) is 23.1. The first-order valence-electron chi connectivity index (χ1n) is 10.9. The van der Waals surface area contributed by atoms with Gasteiger partial charge in [0.1, 0.15) is 5.75 Å². The van der Waals surface area contributed by atoms with E-state index in [4.69, 9.17) is 9.47 Å². The van der Waals surface area contributed by atoms with Crippen molar-refractivity contribution in [3.63, 3.8) is 0 Å². The van der Waals surface area contributed by atoms with Gasteiger partial charge in [0, 0.05) is 11.5 Å². The molecule has 0 aliphatic carbocycles. The lowest BCUT2D eigenvalue weighted by atomic mass is 9.77. The largest absolute Gasteiger partial charge is 0.496 e. The first-order valence-corrected chi connectivity index (χ1v) is 10.9. The molecule has 3 heterocycles. The topological polar surface area (TPSA) is 74.1 Å². The van der Waals surface area contributed by atoms with Gasteiger partial charge < -0.3 is 14.8 Å². The summed E-state index contributed by atoms with van der Waals surface area (Å²) >= 11 is 0. The lowest BCUT2D eigenvalue weighted by Gasteiger charge is -2.41. The molecule has 2 fully saturated rings. The van der Waals surface area contributed by atoms with Gasteiger partial charge in [-0.15, -0.1) is 5.10 Å². The number of benzene rings is 2. The van der Waals surface area contributed by atoms with Crippen LogP contribution in [0.1, 0.15) is 48.2 Å². The van der Waals surface area contributed by atoms with E-state index < -0.39 is 17.6 Å². The smallest absolute Gasteiger partial charge is 0.453 e. The molecule has 1 N–H and O–H groups in total. The van der Waals surface area contributed by atoms with Crippen LogP contribution in [0.25, 0.3) is 5.69 Å². The fourth-order valence-corrected chi connectivity index (χ4v) is 5.12. The highest BCUT2D eigenvalue weighted by Crippen LogP contribution is 2.49. The molecule has 2 saturated heterocycles. The molecule has 2 aromatic carbocycles. The Morgan fingerprint density at radius 3 is 2.76 bits per heavy atom. The van der Waals surface area contributed by atoms with Gasteiger partial charge in [-0.2, -0.15) is 17.9 Å². The lowest BCUT2D eigenvalue weighted by Crippen LogP contribution is -2.48. The molecule has 2 aliphatic heterocycles. The molecule has 2 aliphatic rings. The summed E-state index contributed by atoms with van der Waals surface area (Å²) in [6.07, 6.45) is -2.04. The van der Waals surface area contributed by atoms with Crippen LogP contribution >= 0.6 is 0 Å². The number of hydrogen-bond acceptors (Lipinski definition) is 6. The van der Waals surface area contributed by atoms with Gasteiger partial charge in [0.25, 0.3) is 5.82 Å². The Labute approximate surface area is 188 Å². The molecule has 0 radical (unpaired) electrons. The molecular formula is C23H24F3N5O2. The zero-order valence-electron chi connectivity index (χ0n) is 18.0. The van der Waals surface area contributed by atoms with E-state index in [1.165, 1.54) is 11.6 Å². The molecule has 0 amide bonds. The second kappa shape index (κ2) is 8.42. The van der Waals surface area contributed by atoms with Crippen LogP contribution in [0, 0.1) is 0 Å². The molecule has 174 valence electrons. The predicted molar refractivity (Wildman–Crippen MR) is 113 cm³/mol. The summed E-state index contributed by atoms with van der Waals surface area (Å²) in [4.78, 5) is 0. The third kappa shape index (κ3) is 3.97. The van der Waals surface area contributed by atoms with Crippen molar-refractivity contribution in [1.29, 1.82) is 0 Å². The number of hydrogen-bond donors (Lipinski definition) is 1. The highest BCUT2D eigenvalue weighted by Gasteiger charge is 2.49. The highest BCUT2D eigenvalue weighted by molar-refractivity contribution is 5.47. The molecule has 10 heteroatoms. The van der Waals surface area contributed by atoms with Crippen molar-refractivity contribution in [3.05, 3.63) is 65.5 Å². The fraction of sp³-hybridized carbons (Fsp3) is 0.435. The van der Waals surface area contributed by atoms with Crippen molar-refractivity contribution in [3.8, 4) is 11.4 Å². The van der Waals surface area contributed by atoms with Crippen LogP contribution in [0.15, 0.2) is 48.5 Å². The minimum absolute atomic E-state index is 0.0444. The number of aromatic nitrogens is 4. The monoisotopic (exact) mass is 459 g/mol. The molecule has 3 atom stereocenters. The van der Waals surface area contributed by atoms with Gasteiger partial charge in [0.2, 0.25) is 0 Å². The average molecular weight is 459 g/mol. The second-order valence-electron chi connectivity index (χ2n) is 8.52. The summed E-state index contributed by atoms with van der Waals surface area (Å²) in [6.45, 7) is 1.36. The van der Waals surface area contributed by atoms with E-state index in [2.05, 4.69) is 33.0 Å². The lowest BCUT2D eigenvalue weighted by molar-refractivity contribution is -0.146. The SMILES string of the molecule is COc1ccc(-n2nnnc2C(F)(F)F)cc1[C@H]1CO[C@]2(CCCN[C@H]2c2ccccc2)C1. The molecule has 0 unspecified atom stereocenters. The third-order valence-electron chi connectivity index (χ3n) is 6.57. The minimum atomic E-state index is -4.67. The maximum atomic E-state index is 13.3. The zero-order valence-corrected chi connectivity index (χ0v) is 18.0. The molecule has 0 saturated carbocycles. The Bertz CT molecular complexity index is 1120. The van der Waals surface area contributed by atoms with Crippen LogP contribution in [0.5, 0.6) is 5.75 Å². The number of nitrogens with one attached hydrogen (secondary N) is 1. The Kier molecular flexibility index (Phi) is 5.57. The molecule has 7 nitrogen and oxygen atoms in total. The Balaban J connectivity index is 1.49. The van der Waals surface area contributed by atoms with Crippen LogP contribution < -0.4 is 10.1 Å². The van der Waals surface area contributed by atoms with E-state index in [9.17, 15) is 13.2 Å². The predicted octanol–water partition coefficient (Wildman–Crippen LogP) is 4.06. The normalized spacial score (nSPS) is 25.5. The van der Waals surface area contributed by atoms with Crippen molar-refractivity contribution >= 4 is 0 Å². The quantitative estimate of drug-likeness (QED) is 0.635. The maximum Gasteiger partial charge on any atom is 0.453 e. The number of methoxy groups -OCH3 is 1. The maximum absolute atomic E-state index is 13.3. The van der Waals surface area contributed by atoms with Gasteiger partial charge in [0.05, 0.1) is 31.0 Å². The van der Waals surface area contributed by atoms with Crippen molar-refractivity contribution in [2.75, 3.05) is 20.3 Å². The summed E-state index contributed by atoms with van der Waals surface area (Å²) in [6, 6.07) is 15.1. The Morgan fingerprint density at radius 1 is 1.18 bits per heavy atom. The van der Waals surface area contributed by atoms with Crippen LogP contribution in [0.4, 0.5) is 13.2 Å². The fourth-order valence-electron chi connectivity index (χ4n) is 5.12. The van der Waals surface area contributed by atoms with Gasteiger partial charge in [-0.1, -0.05) is 30.3 Å².